The smallest absolute Gasteiger partial charge is 0.262 e. The van der Waals surface area contributed by atoms with Crippen molar-refractivity contribution in [3.8, 4) is 0 Å². The molecule has 1 saturated heterocycles. The average molecular weight is 295 g/mol. The number of hydrogen-bond acceptors (Lipinski definition) is 5. The number of primary sulfonamides is 1. The Labute approximate surface area is 113 Å². The quantitative estimate of drug-likeness (QED) is 0.501. The van der Waals surface area contributed by atoms with E-state index in [1.54, 1.807) is 12.1 Å². The Balaban J connectivity index is 2.03. The Morgan fingerprint density at radius 2 is 1.55 bits per heavy atom. The van der Waals surface area contributed by atoms with Crippen LogP contribution in [0.4, 0.5) is 0 Å². The van der Waals surface area contributed by atoms with Crippen molar-refractivity contribution in [3.63, 3.8) is 0 Å². The Bertz CT molecular complexity index is 722. The van der Waals surface area contributed by atoms with Gasteiger partial charge in [0.05, 0.1) is 11.1 Å². The zero-order valence-corrected chi connectivity index (χ0v) is 10.8. The molecule has 0 bridgehead atoms. The molecule has 20 heavy (non-hydrogen) atoms. The van der Waals surface area contributed by atoms with E-state index >= 15 is 0 Å². The standard InChI is InChI=1S/C11H9N3O5S/c12-20(18,19)9-7(8(15)13-9)14-10(16)5-3-1-2-4-6(5)11(14)17/h1-4,7,9H,(H,13,15)(H2,12,18,19)/t7-,9-/m1/s1. The number of amides is 3. The zero-order valence-electron chi connectivity index (χ0n) is 9.94. The van der Waals surface area contributed by atoms with Gasteiger partial charge in [0, 0.05) is 0 Å². The summed E-state index contributed by atoms with van der Waals surface area (Å²) in [5.74, 6) is -2.11. The average Bonchev–Trinajstić information content (AvgIpc) is 2.61. The lowest BCUT2D eigenvalue weighted by molar-refractivity contribution is -0.132. The van der Waals surface area contributed by atoms with Gasteiger partial charge in [-0.15, -0.1) is 0 Å². The van der Waals surface area contributed by atoms with Crippen molar-refractivity contribution in [2.24, 2.45) is 5.14 Å². The van der Waals surface area contributed by atoms with Gasteiger partial charge in [-0.1, -0.05) is 12.1 Å². The highest BCUT2D eigenvalue weighted by molar-refractivity contribution is 7.90. The third kappa shape index (κ3) is 1.57. The Hall–Kier alpha value is -2.26. The predicted octanol–water partition coefficient (Wildman–Crippen LogP) is -1.60. The summed E-state index contributed by atoms with van der Waals surface area (Å²) in [5, 5.41) is 5.58. The lowest BCUT2D eigenvalue weighted by atomic mass is 10.1. The van der Waals surface area contributed by atoms with E-state index in [1.165, 1.54) is 12.1 Å². The van der Waals surface area contributed by atoms with Crippen LogP contribution in [0.5, 0.6) is 0 Å². The van der Waals surface area contributed by atoms with Crippen LogP contribution in [0.1, 0.15) is 20.7 Å². The van der Waals surface area contributed by atoms with Gasteiger partial charge in [-0.2, -0.15) is 0 Å². The summed E-state index contributed by atoms with van der Waals surface area (Å²) in [5.41, 5.74) is 0.288. The summed E-state index contributed by atoms with van der Waals surface area (Å²) in [6.45, 7) is 0. The van der Waals surface area contributed by atoms with Gasteiger partial charge in [0.15, 0.2) is 11.4 Å². The Kier molecular flexibility index (Phi) is 2.47. The second-order valence-corrected chi connectivity index (χ2v) is 6.17. The number of carbonyl (C=O) groups excluding carboxylic acids is 3. The number of β-lactam (4-membered cyclic amide) rings is 1. The van der Waals surface area contributed by atoms with Crippen molar-refractivity contribution in [2.45, 2.75) is 11.4 Å². The summed E-state index contributed by atoms with van der Waals surface area (Å²) < 4.78 is 22.7. The summed E-state index contributed by atoms with van der Waals surface area (Å²) >= 11 is 0. The molecule has 1 aromatic carbocycles. The molecule has 3 amide bonds. The van der Waals surface area contributed by atoms with E-state index < -0.39 is 39.2 Å². The fourth-order valence-electron chi connectivity index (χ4n) is 2.32. The Morgan fingerprint density at radius 1 is 1.05 bits per heavy atom. The Morgan fingerprint density at radius 3 is 1.95 bits per heavy atom. The van der Waals surface area contributed by atoms with Crippen LogP contribution in [0, 0.1) is 0 Å². The summed E-state index contributed by atoms with van der Waals surface area (Å²) in [4.78, 5) is 36.5. The lowest BCUT2D eigenvalue weighted by Crippen LogP contribution is -2.73. The van der Waals surface area contributed by atoms with Crippen molar-refractivity contribution in [3.05, 3.63) is 35.4 Å². The van der Waals surface area contributed by atoms with E-state index in [4.69, 9.17) is 5.14 Å². The van der Waals surface area contributed by atoms with Crippen LogP contribution >= 0.6 is 0 Å². The molecule has 1 fully saturated rings. The van der Waals surface area contributed by atoms with Crippen LogP contribution in [-0.4, -0.2) is 42.5 Å². The van der Waals surface area contributed by atoms with Crippen LogP contribution < -0.4 is 10.5 Å². The third-order valence-corrected chi connectivity index (χ3v) is 4.38. The van der Waals surface area contributed by atoms with Crippen molar-refractivity contribution in [1.29, 1.82) is 0 Å². The van der Waals surface area contributed by atoms with Gasteiger partial charge < -0.3 is 5.32 Å². The molecule has 0 aromatic heterocycles. The van der Waals surface area contributed by atoms with Gasteiger partial charge in [0.25, 0.3) is 11.8 Å². The van der Waals surface area contributed by atoms with Crippen molar-refractivity contribution >= 4 is 27.7 Å². The minimum absolute atomic E-state index is 0.144. The fourth-order valence-corrected chi connectivity index (χ4v) is 3.21. The molecule has 0 aliphatic carbocycles. The number of nitrogens with zero attached hydrogens (tertiary/aromatic N) is 1. The highest BCUT2D eigenvalue weighted by Crippen LogP contribution is 2.29. The van der Waals surface area contributed by atoms with Gasteiger partial charge in [-0.25, -0.2) is 13.6 Å². The molecule has 2 heterocycles. The monoisotopic (exact) mass is 295 g/mol. The number of carbonyl (C=O) groups is 3. The summed E-state index contributed by atoms with van der Waals surface area (Å²) in [6, 6.07) is 4.62. The third-order valence-electron chi connectivity index (χ3n) is 3.30. The number of rotatable bonds is 2. The maximum atomic E-state index is 12.1. The minimum Gasteiger partial charge on any atom is -0.334 e. The van der Waals surface area contributed by atoms with Crippen LogP contribution in [0.25, 0.3) is 0 Å². The molecule has 2 atom stereocenters. The predicted molar refractivity (Wildman–Crippen MR) is 65.8 cm³/mol. The minimum atomic E-state index is -4.10. The number of fused-ring (bicyclic) bond motifs is 1. The molecule has 9 heteroatoms. The molecule has 1 aromatic rings. The second kappa shape index (κ2) is 3.87. The van der Waals surface area contributed by atoms with Crippen LogP contribution in [-0.2, 0) is 14.8 Å². The first-order valence-corrected chi connectivity index (χ1v) is 7.22. The molecule has 0 spiro atoms. The van der Waals surface area contributed by atoms with Crippen molar-refractivity contribution in [2.75, 3.05) is 0 Å². The molecule has 3 N–H and O–H groups in total. The van der Waals surface area contributed by atoms with E-state index in [1.807, 2.05) is 0 Å². The maximum Gasteiger partial charge on any atom is 0.262 e. The number of sulfonamides is 1. The van der Waals surface area contributed by atoms with Crippen LogP contribution in [0.15, 0.2) is 24.3 Å². The zero-order chi connectivity index (χ0) is 14.7. The molecule has 0 unspecified atom stereocenters. The molecule has 104 valence electrons. The largest absolute Gasteiger partial charge is 0.334 e. The van der Waals surface area contributed by atoms with E-state index in [9.17, 15) is 22.8 Å². The van der Waals surface area contributed by atoms with E-state index in [2.05, 4.69) is 5.32 Å². The van der Waals surface area contributed by atoms with Gasteiger partial charge in [0.1, 0.15) is 0 Å². The molecular weight excluding hydrogens is 286 g/mol. The van der Waals surface area contributed by atoms with Crippen molar-refractivity contribution in [1.82, 2.24) is 10.2 Å². The van der Waals surface area contributed by atoms with E-state index in [0.29, 0.717) is 4.90 Å². The second-order valence-electron chi connectivity index (χ2n) is 4.49. The molecular formula is C11H9N3O5S. The molecule has 2 aliphatic heterocycles. The van der Waals surface area contributed by atoms with E-state index in [0.717, 1.165) is 0 Å². The first-order valence-electron chi connectivity index (χ1n) is 5.61. The topological polar surface area (TPSA) is 127 Å². The van der Waals surface area contributed by atoms with Crippen molar-refractivity contribution < 1.29 is 22.8 Å². The molecule has 8 nitrogen and oxygen atoms in total. The maximum absolute atomic E-state index is 12.1. The number of nitrogens with two attached hydrogens (primary N) is 1. The van der Waals surface area contributed by atoms with Crippen LogP contribution in [0.3, 0.4) is 0 Å². The number of hydrogen-bond donors (Lipinski definition) is 2. The van der Waals surface area contributed by atoms with Crippen LogP contribution in [0.2, 0.25) is 0 Å². The molecule has 3 rings (SSSR count). The van der Waals surface area contributed by atoms with Gasteiger partial charge in [-0.3, -0.25) is 19.3 Å². The van der Waals surface area contributed by atoms with E-state index in [-0.39, 0.29) is 11.1 Å². The number of imide groups is 1. The number of nitrogens with one attached hydrogen (secondary N) is 1. The normalized spacial score (nSPS) is 25.2. The highest BCUT2D eigenvalue weighted by atomic mass is 32.2. The van der Waals surface area contributed by atoms with Gasteiger partial charge in [-0.05, 0) is 12.1 Å². The first-order chi connectivity index (χ1) is 9.32. The number of benzene rings is 1. The summed E-state index contributed by atoms with van der Waals surface area (Å²) in [7, 11) is -4.10. The van der Waals surface area contributed by atoms with Gasteiger partial charge >= 0.3 is 0 Å². The molecule has 0 radical (unpaired) electrons. The fraction of sp³-hybridized carbons (Fsp3) is 0.182. The molecule has 2 aliphatic rings. The highest BCUT2D eigenvalue weighted by Gasteiger charge is 2.55. The first kappa shape index (κ1) is 12.8. The lowest BCUT2D eigenvalue weighted by Gasteiger charge is -2.38. The van der Waals surface area contributed by atoms with Gasteiger partial charge in [0.2, 0.25) is 15.9 Å². The summed E-state index contributed by atoms with van der Waals surface area (Å²) in [6.07, 6.45) is 0. The SMILES string of the molecule is NS(=O)(=O)[C@H]1NC(=O)[C@H]1N1C(=O)c2ccccc2C1=O. The molecule has 0 saturated carbocycles.